The Bertz CT molecular complexity index is 760. The molecule has 130 valence electrons. The highest BCUT2D eigenvalue weighted by Gasteiger charge is 2.24. The third-order valence-corrected chi connectivity index (χ3v) is 3.39. The second-order valence-electron chi connectivity index (χ2n) is 6.31. The van der Waals surface area contributed by atoms with Gasteiger partial charge in [-0.05, 0) is 45.9 Å². The van der Waals surface area contributed by atoms with Gasteiger partial charge in [0.25, 0.3) is 0 Å². The molecule has 0 fully saturated rings. The molecule has 1 aromatic carbocycles. The van der Waals surface area contributed by atoms with Crippen molar-refractivity contribution >= 4 is 11.8 Å². The Kier molecular flexibility index (Phi) is 4.73. The second kappa shape index (κ2) is 6.43. The maximum Gasteiger partial charge on any atom is 0.435 e. The monoisotopic (exact) mass is 333 g/mol. The van der Waals surface area contributed by atoms with Crippen molar-refractivity contribution in [3.63, 3.8) is 0 Å². The highest BCUT2D eigenvalue weighted by Crippen LogP contribution is 2.37. The predicted octanol–water partition coefficient (Wildman–Crippen LogP) is 3.24. The molecule has 2 N–H and O–H groups in total. The Hall–Kier alpha value is -2.70. The summed E-state index contributed by atoms with van der Waals surface area (Å²) in [4.78, 5) is 12.3. The number of benzene rings is 1. The average Bonchev–Trinajstić information content (AvgIpc) is 2.81. The number of ether oxygens (including phenoxy) is 3. The fourth-order valence-corrected chi connectivity index (χ4v) is 2.20. The second-order valence-corrected chi connectivity index (χ2v) is 6.31. The highest BCUT2D eigenvalue weighted by molar-refractivity contribution is 5.83. The number of rotatable bonds is 3. The average molecular weight is 333 g/mol. The highest BCUT2D eigenvalue weighted by atomic mass is 16.6. The number of carbonyl (C=O) groups excluding carboxylic acids is 1. The number of aromatic nitrogens is 2. The lowest BCUT2D eigenvalue weighted by atomic mass is 10.1. The van der Waals surface area contributed by atoms with Crippen LogP contribution in [0.2, 0.25) is 0 Å². The van der Waals surface area contributed by atoms with Crippen LogP contribution in [-0.4, -0.2) is 35.7 Å². The van der Waals surface area contributed by atoms with E-state index in [4.69, 9.17) is 19.9 Å². The molecule has 0 radical (unpaired) electrons. The molecule has 0 atom stereocenters. The predicted molar refractivity (Wildman–Crippen MR) is 91.5 cm³/mol. The molecule has 2 rings (SSSR count). The van der Waals surface area contributed by atoms with Crippen LogP contribution in [0.25, 0.3) is 11.3 Å². The number of nitrogens with zero attached hydrogens (tertiary/aromatic N) is 2. The van der Waals surface area contributed by atoms with E-state index in [1.807, 2.05) is 0 Å². The van der Waals surface area contributed by atoms with E-state index >= 15 is 0 Å². The summed E-state index contributed by atoms with van der Waals surface area (Å²) in [5, 5.41) is 4.33. The minimum Gasteiger partial charge on any atom is -0.497 e. The number of hydrogen-bond donors (Lipinski definition) is 1. The summed E-state index contributed by atoms with van der Waals surface area (Å²) < 4.78 is 17.1. The lowest BCUT2D eigenvalue weighted by molar-refractivity contribution is 0.0511. The number of carbonyl (C=O) groups is 1. The molecular formula is C17H23N3O4. The number of methoxy groups -OCH3 is 2. The number of hydrogen-bond acceptors (Lipinski definition) is 6. The van der Waals surface area contributed by atoms with Crippen LogP contribution in [0.4, 0.5) is 10.5 Å². The molecule has 0 unspecified atom stereocenters. The van der Waals surface area contributed by atoms with E-state index in [1.54, 1.807) is 60.1 Å². The van der Waals surface area contributed by atoms with Crippen LogP contribution < -0.4 is 15.2 Å². The van der Waals surface area contributed by atoms with Crippen LogP contribution in [-0.2, 0) is 4.74 Å². The van der Waals surface area contributed by atoms with Gasteiger partial charge in [-0.3, -0.25) is 0 Å². The molecule has 0 aliphatic rings. The minimum absolute atomic E-state index is 0.382. The molecule has 24 heavy (non-hydrogen) atoms. The van der Waals surface area contributed by atoms with Gasteiger partial charge in [0.1, 0.15) is 22.8 Å². The smallest absolute Gasteiger partial charge is 0.435 e. The van der Waals surface area contributed by atoms with E-state index in [1.165, 1.54) is 0 Å². The van der Waals surface area contributed by atoms with Crippen LogP contribution in [0.5, 0.6) is 11.5 Å². The SMILES string of the molecule is COc1ccc(OC)c(-c2nn(C(=O)OC(C)(C)C)c(C)c2N)c1. The molecule has 0 spiro atoms. The Balaban J connectivity index is 2.54. The summed E-state index contributed by atoms with van der Waals surface area (Å²) in [6.07, 6.45) is -0.584. The normalized spacial score (nSPS) is 11.2. The molecule has 1 aromatic heterocycles. The standard InChI is InChI=1S/C17H23N3O4/c1-10-14(18)15(19-20(10)16(21)24-17(2,3)4)12-9-11(22-5)7-8-13(12)23-6/h7-9H,18H2,1-6H3. The molecule has 1 heterocycles. The quantitative estimate of drug-likeness (QED) is 0.927. The van der Waals surface area contributed by atoms with E-state index < -0.39 is 11.7 Å². The topological polar surface area (TPSA) is 88.6 Å². The summed E-state index contributed by atoms with van der Waals surface area (Å²) in [6, 6.07) is 5.29. The largest absolute Gasteiger partial charge is 0.497 e. The van der Waals surface area contributed by atoms with Gasteiger partial charge in [0.2, 0.25) is 0 Å². The zero-order valence-corrected chi connectivity index (χ0v) is 14.8. The summed E-state index contributed by atoms with van der Waals surface area (Å²) in [7, 11) is 3.12. The van der Waals surface area contributed by atoms with Gasteiger partial charge >= 0.3 is 6.09 Å². The third-order valence-electron chi connectivity index (χ3n) is 3.39. The van der Waals surface area contributed by atoms with E-state index in [0.717, 1.165) is 4.68 Å². The van der Waals surface area contributed by atoms with Crippen molar-refractivity contribution in [1.29, 1.82) is 0 Å². The zero-order chi connectivity index (χ0) is 18.1. The Morgan fingerprint density at radius 3 is 2.42 bits per heavy atom. The van der Waals surface area contributed by atoms with Crippen molar-refractivity contribution in [2.24, 2.45) is 0 Å². The zero-order valence-electron chi connectivity index (χ0n) is 14.8. The first-order valence-corrected chi connectivity index (χ1v) is 7.48. The Morgan fingerprint density at radius 2 is 1.88 bits per heavy atom. The van der Waals surface area contributed by atoms with Crippen molar-refractivity contribution in [3.05, 3.63) is 23.9 Å². The molecule has 0 saturated carbocycles. The summed E-state index contributed by atoms with van der Waals surface area (Å²) >= 11 is 0. The molecule has 0 amide bonds. The van der Waals surface area contributed by atoms with Crippen LogP contribution in [0, 0.1) is 6.92 Å². The number of nitrogen functional groups attached to an aromatic ring is 1. The molecule has 0 aliphatic heterocycles. The fourth-order valence-electron chi connectivity index (χ4n) is 2.20. The third kappa shape index (κ3) is 3.45. The maximum absolute atomic E-state index is 12.3. The van der Waals surface area contributed by atoms with E-state index in [-0.39, 0.29) is 0 Å². The minimum atomic E-state index is -0.627. The van der Waals surface area contributed by atoms with Crippen molar-refractivity contribution in [2.45, 2.75) is 33.3 Å². The summed E-state index contributed by atoms with van der Waals surface area (Å²) in [5.41, 5.74) is 7.50. The Morgan fingerprint density at radius 1 is 1.21 bits per heavy atom. The van der Waals surface area contributed by atoms with Gasteiger partial charge in [0.15, 0.2) is 0 Å². The summed E-state index contributed by atoms with van der Waals surface area (Å²) in [6.45, 7) is 7.08. The molecular weight excluding hydrogens is 310 g/mol. The van der Waals surface area contributed by atoms with Gasteiger partial charge in [-0.1, -0.05) is 0 Å². The van der Waals surface area contributed by atoms with Gasteiger partial charge in [-0.25, -0.2) is 4.79 Å². The molecule has 0 saturated heterocycles. The van der Waals surface area contributed by atoms with Crippen LogP contribution in [0.15, 0.2) is 18.2 Å². The van der Waals surface area contributed by atoms with Crippen molar-refractivity contribution in [3.8, 4) is 22.8 Å². The van der Waals surface area contributed by atoms with Gasteiger partial charge in [0, 0.05) is 5.56 Å². The molecule has 0 bridgehead atoms. The van der Waals surface area contributed by atoms with Gasteiger partial charge in [-0.2, -0.15) is 9.78 Å². The van der Waals surface area contributed by atoms with Gasteiger partial charge in [-0.15, -0.1) is 0 Å². The van der Waals surface area contributed by atoms with Gasteiger partial charge in [0.05, 0.1) is 25.6 Å². The molecule has 0 aliphatic carbocycles. The van der Waals surface area contributed by atoms with Crippen LogP contribution >= 0.6 is 0 Å². The van der Waals surface area contributed by atoms with Crippen LogP contribution in [0.1, 0.15) is 26.5 Å². The lowest BCUT2D eigenvalue weighted by Crippen LogP contribution is -2.28. The van der Waals surface area contributed by atoms with Crippen molar-refractivity contribution in [1.82, 2.24) is 9.78 Å². The van der Waals surface area contributed by atoms with Gasteiger partial charge < -0.3 is 19.9 Å². The number of anilines is 1. The summed E-state index contributed by atoms with van der Waals surface area (Å²) in [5.74, 6) is 1.21. The molecule has 7 heteroatoms. The van der Waals surface area contributed by atoms with E-state index in [2.05, 4.69) is 5.10 Å². The molecule has 7 nitrogen and oxygen atoms in total. The van der Waals surface area contributed by atoms with Crippen molar-refractivity contribution < 1.29 is 19.0 Å². The van der Waals surface area contributed by atoms with E-state index in [0.29, 0.717) is 34.1 Å². The lowest BCUT2D eigenvalue weighted by Gasteiger charge is -2.19. The Labute approximate surface area is 141 Å². The first-order chi connectivity index (χ1) is 11.2. The fraction of sp³-hybridized carbons (Fsp3) is 0.412. The van der Waals surface area contributed by atoms with E-state index in [9.17, 15) is 4.79 Å². The van der Waals surface area contributed by atoms with Crippen molar-refractivity contribution in [2.75, 3.05) is 20.0 Å². The first kappa shape index (κ1) is 17.7. The van der Waals surface area contributed by atoms with Crippen LogP contribution in [0.3, 0.4) is 0 Å². The number of nitrogens with two attached hydrogens (primary N) is 1. The first-order valence-electron chi connectivity index (χ1n) is 7.48. The maximum atomic E-state index is 12.3. The molecule has 2 aromatic rings.